The molecule has 1 N–H and O–H groups in total. The van der Waals surface area contributed by atoms with Gasteiger partial charge in [-0.2, -0.15) is 0 Å². The minimum absolute atomic E-state index is 0.129. The molecule has 0 saturated heterocycles. The van der Waals surface area contributed by atoms with E-state index in [-0.39, 0.29) is 5.41 Å². The molecule has 0 aromatic heterocycles. The van der Waals surface area contributed by atoms with E-state index in [1.807, 2.05) is 18.2 Å². The standard InChI is InChI=1S/C13H20ClNO/c1-13(2,9-14)10-15-8-11-6-4-5-7-12(11)16-3/h4-7,15H,8-10H2,1-3H3. The lowest BCUT2D eigenvalue weighted by Crippen LogP contribution is -2.30. The lowest BCUT2D eigenvalue weighted by Gasteiger charge is -2.22. The van der Waals surface area contributed by atoms with Crippen LogP contribution < -0.4 is 10.1 Å². The number of benzene rings is 1. The van der Waals surface area contributed by atoms with Crippen molar-refractivity contribution in [2.24, 2.45) is 5.41 Å². The second-order valence-electron chi connectivity index (χ2n) is 4.71. The van der Waals surface area contributed by atoms with Crippen molar-refractivity contribution in [3.63, 3.8) is 0 Å². The number of nitrogens with one attached hydrogen (secondary N) is 1. The first-order valence-corrected chi connectivity index (χ1v) is 6.01. The number of para-hydroxylation sites is 1. The third-order valence-electron chi connectivity index (χ3n) is 2.47. The van der Waals surface area contributed by atoms with E-state index >= 15 is 0 Å². The molecule has 3 heteroatoms. The molecule has 1 aromatic rings. The Balaban J connectivity index is 2.49. The fourth-order valence-corrected chi connectivity index (χ4v) is 1.53. The first-order chi connectivity index (χ1) is 7.59. The third-order valence-corrected chi connectivity index (χ3v) is 3.20. The van der Waals surface area contributed by atoms with E-state index in [4.69, 9.17) is 16.3 Å². The van der Waals surface area contributed by atoms with Crippen LogP contribution in [0.2, 0.25) is 0 Å². The summed E-state index contributed by atoms with van der Waals surface area (Å²) in [5.41, 5.74) is 1.30. The topological polar surface area (TPSA) is 21.3 Å². The SMILES string of the molecule is COc1ccccc1CNCC(C)(C)CCl. The summed E-state index contributed by atoms with van der Waals surface area (Å²) in [6, 6.07) is 8.04. The maximum absolute atomic E-state index is 5.87. The van der Waals surface area contributed by atoms with Gasteiger partial charge in [0.25, 0.3) is 0 Å². The summed E-state index contributed by atoms with van der Waals surface area (Å²) in [6.45, 7) is 6.00. The third kappa shape index (κ3) is 4.03. The monoisotopic (exact) mass is 241 g/mol. The Labute approximate surface area is 103 Å². The number of rotatable bonds is 6. The normalized spacial score (nSPS) is 11.5. The van der Waals surface area contributed by atoms with Gasteiger partial charge in [-0.05, 0) is 11.5 Å². The molecule has 0 unspecified atom stereocenters. The van der Waals surface area contributed by atoms with Gasteiger partial charge in [-0.1, -0.05) is 32.0 Å². The predicted octanol–water partition coefficient (Wildman–Crippen LogP) is 3.05. The van der Waals surface area contributed by atoms with Crippen molar-refractivity contribution in [3.8, 4) is 5.75 Å². The van der Waals surface area contributed by atoms with Crippen molar-refractivity contribution in [1.29, 1.82) is 0 Å². The number of hydrogen-bond donors (Lipinski definition) is 1. The minimum Gasteiger partial charge on any atom is -0.496 e. The molecule has 90 valence electrons. The summed E-state index contributed by atoms with van der Waals surface area (Å²) >= 11 is 5.87. The molecule has 1 rings (SSSR count). The second kappa shape index (κ2) is 6.12. The van der Waals surface area contributed by atoms with Crippen molar-refractivity contribution < 1.29 is 4.74 Å². The molecule has 16 heavy (non-hydrogen) atoms. The van der Waals surface area contributed by atoms with Crippen LogP contribution in [0.5, 0.6) is 5.75 Å². The second-order valence-corrected chi connectivity index (χ2v) is 4.98. The molecule has 2 nitrogen and oxygen atoms in total. The van der Waals surface area contributed by atoms with Crippen molar-refractivity contribution >= 4 is 11.6 Å². The van der Waals surface area contributed by atoms with E-state index in [0.717, 1.165) is 18.8 Å². The molecule has 0 amide bonds. The molecule has 0 fully saturated rings. The van der Waals surface area contributed by atoms with Gasteiger partial charge in [0, 0.05) is 24.5 Å². The molecule has 0 bridgehead atoms. The first-order valence-electron chi connectivity index (χ1n) is 5.47. The smallest absolute Gasteiger partial charge is 0.123 e. The highest BCUT2D eigenvalue weighted by Crippen LogP contribution is 2.18. The molecule has 0 saturated carbocycles. The van der Waals surface area contributed by atoms with Crippen LogP contribution in [0.15, 0.2) is 24.3 Å². The zero-order valence-electron chi connectivity index (χ0n) is 10.2. The maximum Gasteiger partial charge on any atom is 0.123 e. The van der Waals surface area contributed by atoms with Gasteiger partial charge in [0.1, 0.15) is 5.75 Å². The maximum atomic E-state index is 5.87. The van der Waals surface area contributed by atoms with Crippen LogP contribution in [-0.2, 0) is 6.54 Å². The number of ether oxygens (including phenoxy) is 1. The average molecular weight is 242 g/mol. The summed E-state index contributed by atoms with van der Waals surface area (Å²) in [7, 11) is 1.70. The molecule has 0 heterocycles. The van der Waals surface area contributed by atoms with E-state index in [2.05, 4.69) is 25.2 Å². The van der Waals surface area contributed by atoms with Crippen molar-refractivity contribution in [1.82, 2.24) is 5.32 Å². The van der Waals surface area contributed by atoms with Gasteiger partial charge >= 0.3 is 0 Å². The lowest BCUT2D eigenvalue weighted by atomic mass is 9.96. The predicted molar refractivity (Wildman–Crippen MR) is 69.2 cm³/mol. The Morgan fingerprint density at radius 2 is 2.00 bits per heavy atom. The van der Waals surface area contributed by atoms with Crippen LogP contribution in [0, 0.1) is 5.41 Å². The minimum atomic E-state index is 0.129. The summed E-state index contributed by atoms with van der Waals surface area (Å²) in [5.74, 6) is 1.59. The molecule has 1 aromatic carbocycles. The Kier molecular flexibility index (Phi) is 5.10. The van der Waals surface area contributed by atoms with Gasteiger partial charge in [0.15, 0.2) is 0 Å². The Hall–Kier alpha value is -0.730. The fourth-order valence-electron chi connectivity index (χ4n) is 1.43. The van der Waals surface area contributed by atoms with Crippen molar-refractivity contribution in [3.05, 3.63) is 29.8 Å². The van der Waals surface area contributed by atoms with Gasteiger partial charge in [0.05, 0.1) is 7.11 Å². The Morgan fingerprint density at radius 3 is 2.62 bits per heavy atom. The van der Waals surface area contributed by atoms with Crippen LogP contribution in [0.1, 0.15) is 19.4 Å². The largest absolute Gasteiger partial charge is 0.496 e. The summed E-state index contributed by atoms with van der Waals surface area (Å²) in [5, 5.41) is 3.40. The Morgan fingerprint density at radius 1 is 1.31 bits per heavy atom. The van der Waals surface area contributed by atoms with Crippen LogP contribution in [0.25, 0.3) is 0 Å². The van der Waals surface area contributed by atoms with Gasteiger partial charge in [-0.15, -0.1) is 11.6 Å². The average Bonchev–Trinajstić information content (AvgIpc) is 2.29. The van der Waals surface area contributed by atoms with Crippen LogP contribution in [0.3, 0.4) is 0 Å². The van der Waals surface area contributed by atoms with E-state index in [1.165, 1.54) is 5.56 Å². The Bertz CT molecular complexity index is 325. The summed E-state index contributed by atoms with van der Waals surface area (Å²) in [6.07, 6.45) is 0. The zero-order chi connectivity index (χ0) is 12.0. The van der Waals surface area contributed by atoms with Crippen LogP contribution in [0.4, 0.5) is 0 Å². The highest BCUT2D eigenvalue weighted by atomic mass is 35.5. The van der Waals surface area contributed by atoms with Crippen LogP contribution >= 0.6 is 11.6 Å². The molecule has 0 spiro atoms. The van der Waals surface area contributed by atoms with E-state index < -0.39 is 0 Å². The highest BCUT2D eigenvalue weighted by molar-refractivity contribution is 6.18. The summed E-state index contributed by atoms with van der Waals surface area (Å²) < 4.78 is 5.29. The van der Waals surface area contributed by atoms with Gasteiger partial charge in [0.2, 0.25) is 0 Å². The lowest BCUT2D eigenvalue weighted by molar-refractivity contribution is 0.377. The number of methoxy groups -OCH3 is 1. The zero-order valence-corrected chi connectivity index (χ0v) is 11.0. The van der Waals surface area contributed by atoms with Gasteiger partial charge in [-0.25, -0.2) is 0 Å². The molecule has 0 atom stereocenters. The van der Waals surface area contributed by atoms with Crippen molar-refractivity contribution in [2.45, 2.75) is 20.4 Å². The molecule has 0 aliphatic heterocycles. The van der Waals surface area contributed by atoms with E-state index in [0.29, 0.717) is 5.88 Å². The fraction of sp³-hybridized carbons (Fsp3) is 0.538. The molecule has 0 aliphatic carbocycles. The van der Waals surface area contributed by atoms with Crippen LogP contribution in [-0.4, -0.2) is 19.5 Å². The van der Waals surface area contributed by atoms with Crippen molar-refractivity contribution in [2.75, 3.05) is 19.5 Å². The molecule has 0 aliphatic rings. The van der Waals surface area contributed by atoms with Gasteiger partial charge in [-0.3, -0.25) is 0 Å². The number of halogens is 1. The molecular formula is C13H20ClNO. The molecular weight excluding hydrogens is 222 g/mol. The highest BCUT2D eigenvalue weighted by Gasteiger charge is 2.15. The quantitative estimate of drug-likeness (QED) is 0.773. The first kappa shape index (κ1) is 13.3. The van der Waals surface area contributed by atoms with E-state index in [1.54, 1.807) is 7.11 Å². The van der Waals surface area contributed by atoms with E-state index in [9.17, 15) is 0 Å². The summed E-state index contributed by atoms with van der Waals surface area (Å²) in [4.78, 5) is 0. The number of alkyl halides is 1. The molecule has 0 radical (unpaired) electrons. The van der Waals surface area contributed by atoms with Gasteiger partial charge < -0.3 is 10.1 Å². The number of hydrogen-bond acceptors (Lipinski definition) is 2.